The Balaban J connectivity index is 1.67. The standard InChI is InChI=1S/C16H23N5O4/c1-16(4-2-3-5-16)20-13-10-14(18-7-17-13)21(8-19-10)15-12(24)11(23)9(6-22)25-15/h7-9,11-12,15,22-24H,2-6H2,1H3,(H,17,18,20)/t9-,11-,12-,15?/m1/s1. The maximum atomic E-state index is 10.2. The van der Waals surface area contributed by atoms with Crippen molar-refractivity contribution < 1.29 is 20.1 Å². The number of aliphatic hydroxyl groups is 3. The molecule has 0 bridgehead atoms. The summed E-state index contributed by atoms with van der Waals surface area (Å²) < 4.78 is 7.15. The van der Waals surface area contributed by atoms with Crippen molar-refractivity contribution in [3.63, 3.8) is 0 Å². The fourth-order valence-corrected chi connectivity index (χ4v) is 3.81. The van der Waals surface area contributed by atoms with Gasteiger partial charge in [0.1, 0.15) is 24.6 Å². The highest BCUT2D eigenvalue weighted by Crippen LogP contribution is 2.35. The zero-order valence-electron chi connectivity index (χ0n) is 14.0. The first-order valence-electron chi connectivity index (χ1n) is 8.60. The van der Waals surface area contributed by atoms with Gasteiger partial charge in [0.25, 0.3) is 0 Å². The Morgan fingerprint density at radius 2 is 2.00 bits per heavy atom. The molecule has 0 spiro atoms. The molecule has 1 aliphatic carbocycles. The molecule has 4 rings (SSSR count). The molecule has 3 heterocycles. The summed E-state index contributed by atoms with van der Waals surface area (Å²) in [6, 6.07) is 0. The summed E-state index contributed by atoms with van der Waals surface area (Å²) in [6.07, 6.45) is 3.46. The molecule has 0 radical (unpaired) electrons. The molecule has 2 fully saturated rings. The SMILES string of the molecule is CC1(Nc2ncnc3c2ncn3C2O[C@H](CO)[C@@H](O)[C@H]2O)CCCC1. The monoisotopic (exact) mass is 349 g/mol. The predicted octanol–water partition coefficient (Wildman–Crippen LogP) is 0.182. The van der Waals surface area contributed by atoms with Gasteiger partial charge in [0.05, 0.1) is 12.9 Å². The molecule has 9 heteroatoms. The first kappa shape index (κ1) is 16.6. The van der Waals surface area contributed by atoms with Crippen molar-refractivity contribution in [1.29, 1.82) is 0 Å². The number of anilines is 1. The lowest BCUT2D eigenvalue weighted by molar-refractivity contribution is -0.0511. The molecule has 1 unspecified atom stereocenters. The van der Waals surface area contributed by atoms with Gasteiger partial charge in [0.15, 0.2) is 23.2 Å². The summed E-state index contributed by atoms with van der Waals surface area (Å²) >= 11 is 0. The van der Waals surface area contributed by atoms with Crippen molar-refractivity contribution in [1.82, 2.24) is 19.5 Å². The van der Waals surface area contributed by atoms with E-state index in [9.17, 15) is 15.3 Å². The maximum Gasteiger partial charge on any atom is 0.167 e. The molecular formula is C16H23N5O4. The van der Waals surface area contributed by atoms with Crippen LogP contribution in [-0.4, -0.2) is 65.3 Å². The number of fused-ring (bicyclic) bond motifs is 1. The van der Waals surface area contributed by atoms with Crippen molar-refractivity contribution in [2.45, 2.75) is 62.7 Å². The second kappa shape index (κ2) is 6.17. The summed E-state index contributed by atoms with van der Waals surface area (Å²) in [7, 11) is 0. The van der Waals surface area contributed by atoms with Crippen LogP contribution in [0.4, 0.5) is 5.82 Å². The number of aromatic nitrogens is 4. The van der Waals surface area contributed by atoms with Crippen molar-refractivity contribution in [2.75, 3.05) is 11.9 Å². The third-order valence-corrected chi connectivity index (χ3v) is 5.28. The number of rotatable bonds is 4. The number of imidazole rings is 1. The van der Waals surface area contributed by atoms with Gasteiger partial charge in [-0.25, -0.2) is 15.0 Å². The van der Waals surface area contributed by atoms with Crippen molar-refractivity contribution in [3.8, 4) is 0 Å². The zero-order chi connectivity index (χ0) is 17.6. The van der Waals surface area contributed by atoms with Gasteiger partial charge < -0.3 is 25.4 Å². The Bertz CT molecular complexity index is 760. The van der Waals surface area contributed by atoms with E-state index in [0.717, 1.165) is 12.8 Å². The second-order valence-electron chi connectivity index (χ2n) is 7.17. The first-order chi connectivity index (χ1) is 12.0. The third kappa shape index (κ3) is 2.77. The lowest BCUT2D eigenvalue weighted by Gasteiger charge is -2.26. The minimum Gasteiger partial charge on any atom is -0.394 e. The highest BCUT2D eigenvalue weighted by molar-refractivity contribution is 5.83. The Labute approximate surface area is 144 Å². The van der Waals surface area contributed by atoms with Crippen LogP contribution in [0.15, 0.2) is 12.7 Å². The second-order valence-corrected chi connectivity index (χ2v) is 7.17. The van der Waals surface area contributed by atoms with Crippen LogP contribution in [0.1, 0.15) is 38.8 Å². The van der Waals surface area contributed by atoms with Gasteiger partial charge >= 0.3 is 0 Å². The molecule has 25 heavy (non-hydrogen) atoms. The van der Waals surface area contributed by atoms with Gasteiger partial charge in [-0.15, -0.1) is 0 Å². The van der Waals surface area contributed by atoms with Crippen LogP contribution in [-0.2, 0) is 4.74 Å². The van der Waals surface area contributed by atoms with Gasteiger partial charge in [-0.1, -0.05) is 12.8 Å². The number of ether oxygens (including phenoxy) is 1. The van der Waals surface area contributed by atoms with E-state index in [1.807, 2.05) is 0 Å². The molecule has 9 nitrogen and oxygen atoms in total. The van der Waals surface area contributed by atoms with Gasteiger partial charge in [-0.3, -0.25) is 4.57 Å². The van der Waals surface area contributed by atoms with E-state index in [2.05, 4.69) is 27.2 Å². The molecule has 4 atom stereocenters. The fraction of sp³-hybridized carbons (Fsp3) is 0.688. The van der Waals surface area contributed by atoms with Gasteiger partial charge in [0.2, 0.25) is 0 Å². The molecule has 2 aromatic heterocycles. The summed E-state index contributed by atoms with van der Waals surface area (Å²) in [4.78, 5) is 13.0. The maximum absolute atomic E-state index is 10.2. The lowest BCUT2D eigenvalue weighted by Crippen LogP contribution is -2.33. The van der Waals surface area contributed by atoms with Crippen LogP contribution < -0.4 is 5.32 Å². The average molecular weight is 349 g/mol. The van der Waals surface area contributed by atoms with Crippen molar-refractivity contribution in [2.24, 2.45) is 0 Å². The van der Waals surface area contributed by atoms with E-state index in [4.69, 9.17) is 4.74 Å². The molecule has 0 aromatic carbocycles. The first-order valence-corrected chi connectivity index (χ1v) is 8.60. The van der Waals surface area contributed by atoms with Crippen LogP contribution in [0.3, 0.4) is 0 Å². The number of hydrogen-bond donors (Lipinski definition) is 4. The quantitative estimate of drug-likeness (QED) is 0.616. The normalized spacial score (nSPS) is 31.7. The van der Waals surface area contributed by atoms with E-state index in [0.29, 0.717) is 17.0 Å². The average Bonchev–Trinajstić information content (AvgIpc) is 3.28. The van der Waals surface area contributed by atoms with Crippen molar-refractivity contribution >= 4 is 17.0 Å². The minimum absolute atomic E-state index is 0.00733. The largest absolute Gasteiger partial charge is 0.394 e. The summed E-state index contributed by atoms with van der Waals surface area (Å²) in [6.45, 7) is 1.80. The Morgan fingerprint density at radius 3 is 2.68 bits per heavy atom. The van der Waals surface area contributed by atoms with E-state index in [-0.39, 0.29) is 12.1 Å². The third-order valence-electron chi connectivity index (χ3n) is 5.28. The summed E-state index contributed by atoms with van der Waals surface area (Å²) in [5.41, 5.74) is 1.09. The van der Waals surface area contributed by atoms with E-state index in [1.165, 1.54) is 25.5 Å². The molecule has 1 saturated carbocycles. The molecule has 1 saturated heterocycles. The predicted molar refractivity (Wildman–Crippen MR) is 88.8 cm³/mol. The molecule has 136 valence electrons. The topological polar surface area (TPSA) is 126 Å². The van der Waals surface area contributed by atoms with Gasteiger partial charge in [-0.05, 0) is 19.8 Å². The molecular weight excluding hydrogens is 326 g/mol. The highest BCUT2D eigenvalue weighted by Gasteiger charge is 2.44. The number of nitrogens with one attached hydrogen (secondary N) is 1. The van der Waals surface area contributed by atoms with Crippen LogP contribution in [0.25, 0.3) is 11.2 Å². The zero-order valence-corrected chi connectivity index (χ0v) is 14.0. The molecule has 2 aliphatic rings. The number of hydrogen-bond acceptors (Lipinski definition) is 8. The minimum atomic E-state index is -1.17. The Hall–Kier alpha value is -1.81. The van der Waals surface area contributed by atoms with E-state index in [1.54, 1.807) is 4.57 Å². The number of aliphatic hydroxyl groups excluding tert-OH is 3. The Kier molecular flexibility index (Phi) is 4.11. The van der Waals surface area contributed by atoms with Gasteiger partial charge in [0, 0.05) is 5.54 Å². The van der Waals surface area contributed by atoms with E-state index < -0.39 is 24.5 Å². The summed E-state index contributed by atoms with van der Waals surface area (Å²) in [5.74, 6) is 0.653. The summed E-state index contributed by atoms with van der Waals surface area (Å²) in [5, 5.41) is 32.9. The molecule has 0 amide bonds. The molecule has 1 aliphatic heterocycles. The smallest absolute Gasteiger partial charge is 0.167 e. The van der Waals surface area contributed by atoms with Crippen LogP contribution in [0.5, 0.6) is 0 Å². The molecule has 4 N–H and O–H groups in total. The van der Waals surface area contributed by atoms with Crippen molar-refractivity contribution in [3.05, 3.63) is 12.7 Å². The lowest BCUT2D eigenvalue weighted by atomic mass is 10.0. The van der Waals surface area contributed by atoms with Crippen LogP contribution in [0.2, 0.25) is 0 Å². The fourth-order valence-electron chi connectivity index (χ4n) is 3.81. The molecule has 2 aromatic rings. The van der Waals surface area contributed by atoms with E-state index >= 15 is 0 Å². The number of nitrogens with zero attached hydrogens (tertiary/aromatic N) is 4. The Morgan fingerprint density at radius 1 is 1.24 bits per heavy atom. The highest BCUT2D eigenvalue weighted by atomic mass is 16.6. The van der Waals surface area contributed by atoms with Gasteiger partial charge in [-0.2, -0.15) is 0 Å². The van der Waals surface area contributed by atoms with Crippen LogP contribution >= 0.6 is 0 Å². The van der Waals surface area contributed by atoms with Crippen LogP contribution in [0, 0.1) is 0 Å².